The van der Waals surface area contributed by atoms with Crippen molar-refractivity contribution in [2.45, 2.75) is 25.4 Å². The number of rotatable bonds is 10. The molecule has 0 spiro atoms. The van der Waals surface area contributed by atoms with E-state index in [2.05, 4.69) is 19.8 Å². The molecular weight excluding hydrogens is 533 g/mol. The lowest BCUT2D eigenvalue weighted by Crippen LogP contribution is -2.42. The monoisotopic (exact) mass is 560 g/mol. The second-order valence-electron chi connectivity index (χ2n) is 9.02. The maximum absolute atomic E-state index is 13.2. The van der Waals surface area contributed by atoms with E-state index in [1.165, 1.54) is 12.1 Å². The van der Waals surface area contributed by atoms with Crippen molar-refractivity contribution in [1.29, 1.82) is 0 Å². The fourth-order valence-corrected chi connectivity index (χ4v) is 4.58. The van der Waals surface area contributed by atoms with Crippen molar-refractivity contribution in [3.63, 3.8) is 0 Å². The number of H-pyrrole nitrogens is 1. The van der Waals surface area contributed by atoms with Gasteiger partial charge in [0.2, 0.25) is 10.0 Å². The fourth-order valence-electron chi connectivity index (χ4n) is 4.15. The van der Waals surface area contributed by atoms with Crippen LogP contribution in [0.3, 0.4) is 0 Å². The molecule has 4 aromatic rings. The average molecular weight is 561 g/mol. The van der Waals surface area contributed by atoms with Crippen molar-refractivity contribution in [2.75, 3.05) is 12.8 Å². The van der Waals surface area contributed by atoms with Gasteiger partial charge in [0.25, 0.3) is 5.91 Å². The van der Waals surface area contributed by atoms with Crippen LogP contribution in [0.4, 0.5) is 13.2 Å². The molecule has 5 N–H and O–H groups in total. The number of amides is 1. The van der Waals surface area contributed by atoms with Crippen LogP contribution in [0.15, 0.2) is 72.9 Å². The van der Waals surface area contributed by atoms with E-state index in [9.17, 15) is 26.4 Å². The van der Waals surface area contributed by atoms with E-state index in [1.54, 1.807) is 24.3 Å². The molecule has 1 heterocycles. The summed E-state index contributed by atoms with van der Waals surface area (Å²) in [6.07, 6.45) is -1.77. The first-order chi connectivity index (χ1) is 18.4. The molecule has 1 atom stereocenters. The number of nitrogens with one attached hydrogen (secondary N) is 3. The SMILES string of the molecule is CS(=O)(=O)NCc1ccc(-c2ccc(OC(F)(F)F)c(C(=O)NC(CN)Cc3c[nH]c4ccccc34)c2)cc1. The molecule has 39 heavy (non-hydrogen) atoms. The smallest absolute Gasteiger partial charge is 0.405 e. The highest BCUT2D eigenvalue weighted by Crippen LogP contribution is 2.31. The molecule has 0 fully saturated rings. The first kappa shape index (κ1) is 28.1. The minimum absolute atomic E-state index is 0.0589. The van der Waals surface area contributed by atoms with Gasteiger partial charge in [-0.1, -0.05) is 48.5 Å². The summed E-state index contributed by atoms with van der Waals surface area (Å²) in [5.41, 5.74) is 9.20. The number of aromatic amines is 1. The van der Waals surface area contributed by atoms with Crippen LogP contribution in [0.25, 0.3) is 22.0 Å². The summed E-state index contributed by atoms with van der Waals surface area (Å²) in [6, 6.07) is 17.6. The van der Waals surface area contributed by atoms with Crippen molar-refractivity contribution in [2.24, 2.45) is 5.73 Å². The first-order valence-corrected chi connectivity index (χ1v) is 13.8. The van der Waals surface area contributed by atoms with Crippen LogP contribution in [-0.4, -0.2) is 44.5 Å². The lowest BCUT2D eigenvalue weighted by molar-refractivity contribution is -0.274. The topological polar surface area (TPSA) is 126 Å². The number of ether oxygens (including phenoxy) is 1. The lowest BCUT2D eigenvalue weighted by Gasteiger charge is -2.19. The zero-order valence-corrected chi connectivity index (χ0v) is 21.7. The van der Waals surface area contributed by atoms with Crippen LogP contribution in [0.2, 0.25) is 0 Å². The molecular formula is C27H27F3N4O4S. The Kier molecular flexibility index (Phi) is 8.28. The van der Waals surface area contributed by atoms with Crippen LogP contribution < -0.4 is 20.5 Å². The van der Waals surface area contributed by atoms with Gasteiger partial charge in [-0.25, -0.2) is 13.1 Å². The van der Waals surface area contributed by atoms with Crippen molar-refractivity contribution in [1.82, 2.24) is 15.0 Å². The highest BCUT2D eigenvalue weighted by atomic mass is 32.2. The minimum atomic E-state index is -5.00. The Bertz CT molecular complexity index is 1570. The summed E-state index contributed by atoms with van der Waals surface area (Å²) < 4.78 is 68.5. The summed E-state index contributed by atoms with van der Waals surface area (Å²) in [5.74, 6) is -1.40. The molecule has 0 aliphatic rings. The van der Waals surface area contributed by atoms with Crippen LogP contribution in [0, 0.1) is 0 Å². The predicted octanol–water partition coefficient (Wildman–Crippen LogP) is 4.08. The van der Waals surface area contributed by atoms with Gasteiger partial charge in [0.05, 0.1) is 11.8 Å². The number of hydrogen-bond donors (Lipinski definition) is 4. The third-order valence-electron chi connectivity index (χ3n) is 6.04. The van der Waals surface area contributed by atoms with Gasteiger partial charge in [0, 0.05) is 36.2 Å². The highest BCUT2D eigenvalue weighted by molar-refractivity contribution is 7.88. The number of carbonyl (C=O) groups is 1. The lowest BCUT2D eigenvalue weighted by atomic mass is 10.00. The summed E-state index contributed by atoms with van der Waals surface area (Å²) in [5, 5.41) is 3.70. The molecule has 206 valence electrons. The Hall–Kier alpha value is -3.87. The van der Waals surface area contributed by atoms with Gasteiger partial charge in [-0.05, 0) is 46.9 Å². The summed E-state index contributed by atoms with van der Waals surface area (Å²) in [6.45, 7) is 0.144. The van der Waals surface area contributed by atoms with E-state index in [-0.39, 0.29) is 18.7 Å². The molecule has 1 aromatic heterocycles. The van der Waals surface area contributed by atoms with Gasteiger partial charge in [-0.15, -0.1) is 13.2 Å². The van der Waals surface area contributed by atoms with E-state index in [1.807, 2.05) is 30.5 Å². The second kappa shape index (κ2) is 11.5. The Balaban J connectivity index is 1.58. The van der Waals surface area contributed by atoms with Gasteiger partial charge in [0.1, 0.15) is 5.75 Å². The molecule has 12 heteroatoms. The predicted molar refractivity (Wildman–Crippen MR) is 143 cm³/mol. The van der Waals surface area contributed by atoms with E-state index >= 15 is 0 Å². The number of para-hydroxylation sites is 1. The van der Waals surface area contributed by atoms with Crippen molar-refractivity contribution in [3.05, 3.63) is 89.6 Å². The summed E-state index contributed by atoms with van der Waals surface area (Å²) in [7, 11) is -3.37. The van der Waals surface area contributed by atoms with Gasteiger partial charge < -0.3 is 20.8 Å². The minimum Gasteiger partial charge on any atom is -0.405 e. The quantitative estimate of drug-likeness (QED) is 0.233. The van der Waals surface area contributed by atoms with Crippen molar-refractivity contribution < 1.29 is 31.1 Å². The number of alkyl halides is 3. The molecule has 0 saturated heterocycles. The second-order valence-corrected chi connectivity index (χ2v) is 10.9. The van der Waals surface area contributed by atoms with Crippen molar-refractivity contribution >= 4 is 26.8 Å². The highest BCUT2D eigenvalue weighted by Gasteiger charge is 2.33. The van der Waals surface area contributed by atoms with Crippen LogP contribution in [0.5, 0.6) is 5.75 Å². The normalized spacial score (nSPS) is 12.8. The van der Waals surface area contributed by atoms with Crippen LogP contribution in [0.1, 0.15) is 21.5 Å². The maximum Gasteiger partial charge on any atom is 0.573 e. The first-order valence-electron chi connectivity index (χ1n) is 11.9. The van der Waals surface area contributed by atoms with Gasteiger partial charge >= 0.3 is 6.36 Å². The Labute approximate surface area is 223 Å². The van der Waals surface area contributed by atoms with E-state index in [4.69, 9.17) is 5.73 Å². The molecule has 0 aliphatic heterocycles. The molecule has 0 saturated carbocycles. The van der Waals surface area contributed by atoms with E-state index < -0.39 is 34.1 Å². The number of sulfonamides is 1. The number of halogens is 3. The molecule has 8 nitrogen and oxygen atoms in total. The number of nitrogens with two attached hydrogens (primary N) is 1. The number of fused-ring (bicyclic) bond motifs is 1. The molecule has 0 radical (unpaired) electrons. The summed E-state index contributed by atoms with van der Waals surface area (Å²) >= 11 is 0. The number of hydrogen-bond acceptors (Lipinski definition) is 5. The van der Waals surface area contributed by atoms with E-state index in [0.717, 1.165) is 28.8 Å². The third-order valence-corrected chi connectivity index (χ3v) is 6.71. The molecule has 1 amide bonds. The third kappa shape index (κ3) is 7.59. The molecule has 0 aliphatic carbocycles. The zero-order chi connectivity index (χ0) is 28.2. The van der Waals surface area contributed by atoms with E-state index in [0.29, 0.717) is 23.1 Å². The van der Waals surface area contributed by atoms with Gasteiger partial charge in [0.15, 0.2) is 0 Å². The number of aromatic nitrogens is 1. The molecule has 0 bridgehead atoms. The standard InChI is InChI=1S/C27H27F3N4O4S/c1-39(36,37)33-15-17-6-8-18(9-7-17)19-10-11-25(38-27(28,29)30)23(13-19)26(35)34-21(14-31)12-20-16-32-24-5-3-2-4-22(20)24/h2-11,13,16,21,32-33H,12,14-15,31H2,1H3,(H,34,35). The van der Waals surface area contributed by atoms with Crippen LogP contribution >= 0.6 is 0 Å². The largest absolute Gasteiger partial charge is 0.573 e. The number of benzene rings is 3. The van der Waals surface area contributed by atoms with Gasteiger partial charge in [-0.2, -0.15) is 0 Å². The maximum atomic E-state index is 13.2. The van der Waals surface area contributed by atoms with Gasteiger partial charge in [-0.3, -0.25) is 4.79 Å². The average Bonchev–Trinajstić information content (AvgIpc) is 3.29. The molecule has 3 aromatic carbocycles. The zero-order valence-electron chi connectivity index (χ0n) is 20.9. The Morgan fingerprint density at radius 2 is 1.74 bits per heavy atom. The van der Waals surface area contributed by atoms with Crippen LogP contribution in [-0.2, 0) is 23.0 Å². The number of carbonyl (C=O) groups excluding carboxylic acids is 1. The molecule has 1 unspecified atom stereocenters. The molecule has 4 rings (SSSR count). The van der Waals surface area contributed by atoms with Crippen molar-refractivity contribution in [3.8, 4) is 16.9 Å². The Morgan fingerprint density at radius 1 is 1.05 bits per heavy atom. The summed E-state index contributed by atoms with van der Waals surface area (Å²) in [4.78, 5) is 16.4. The fraction of sp³-hybridized carbons (Fsp3) is 0.222. The Morgan fingerprint density at radius 3 is 2.41 bits per heavy atom.